The van der Waals surface area contributed by atoms with Gasteiger partial charge in [-0.1, -0.05) is 6.42 Å². The van der Waals surface area contributed by atoms with Crippen molar-refractivity contribution in [1.82, 2.24) is 20.0 Å². The molecule has 166 valence electrons. The fraction of sp³-hybridized carbons (Fsp3) is 0.696. The van der Waals surface area contributed by atoms with Gasteiger partial charge in [0.05, 0.1) is 0 Å². The maximum absolute atomic E-state index is 12.1. The molecule has 1 saturated carbocycles. The monoisotopic (exact) mass is 415 g/mol. The van der Waals surface area contributed by atoms with Crippen LogP contribution in [-0.4, -0.2) is 92.3 Å². The van der Waals surface area contributed by atoms with E-state index < -0.39 is 0 Å². The number of ether oxygens (including phenoxy) is 1. The molecule has 2 N–H and O–H groups in total. The lowest BCUT2D eigenvalue weighted by atomic mass is 9.86. The van der Waals surface area contributed by atoms with Crippen molar-refractivity contribution in [3.63, 3.8) is 0 Å². The Labute approximate surface area is 180 Å². The highest BCUT2D eigenvalue weighted by atomic mass is 16.5. The summed E-state index contributed by atoms with van der Waals surface area (Å²) in [5, 5.41) is 5.86. The van der Waals surface area contributed by atoms with Crippen LogP contribution in [0.15, 0.2) is 24.3 Å². The normalized spacial score (nSPS) is 26.0. The fourth-order valence-electron chi connectivity index (χ4n) is 4.60. The lowest BCUT2D eigenvalue weighted by Gasteiger charge is -2.44. The van der Waals surface area contributed by atoms with E-state index in [0.29, 0.717) is 18.7 Å². The molecule has 2 heterocycles. The standard InChI is InChI=1S/C23H37N5O2/c1-26-13-15-27(16-14-26)12-9-24-23(29)25-19-5-7-21(8-6-19)30-22-17-20(18-22)28-10-3-2-4-11-28/h5-8,20,22H,2-4,9-18H2,1H3,(H2,24,25,29). The minimum Gasteiger partial charge on any atom is -0.490 e. The van der Waals surface area contributed by atoms with Gasteiger partial charge in [-0.25, -0.2) is 4.79 Å². The molecular formula is C23H37N5O2. The van der Waals surface area contributed by atoms with Gasteiger partial charge in [0.2, 0.25) is 0 Å². The summed E-state index contributed by atoms with van der Waals surface area (Å²) in [5.74, 6) is 0.887. The van der Waals surface area contributed by atoms with Gasteiger partial charge in [0.1, 0.15) is 11.9 Å². The van der Waals surface area contributed by atoms with Crippen LogP contribution in [0.1, 0.15) is 32.1 Å². The molecule has 0 unspecified atom stereocenters. The van der Waals surface area contributed by atoms with E-state index in [1.165, 1.54) is 32.4 Å². The molecule has 1 aromatic rings. The number of piperazine rings is 1. The Bertz CT molecular complexity index is 663. The van der Waals surface area contributed by atoms with Crippen LogP contribution in [0.4, 0.5) is 10.5 Å². The summed E-state index contributed by atoms with van der Waals surface area (Å²) < 4.78 is 6.11. The number of hydrogen-bond donors (Lipinski definition) is 2. The first-order valence-electron chi connectivity index (χ1n) is 11.6. The van der Waals surface area contributed by atoms with E-state index >= 15 is 0 Å². The zero-order chi connectivity index (χ0) is 20.8. The van der Waals surface area contributed by atoms with E-state index in [0.717, 1.165) is 57.0 Å². The molecule has 2 saturated heterocycles. The molecule has 0 spiro atoms. The van der Waals surface area contributed by atoms with Crippen molar-refractivity contribution in [2.24, 2.45) is 0 Å². The highest BCUT2D eigenvalue weighted by molar-refractivity contribution is 5.89. The molecule has 1 aromatic carbocycles. The van der Waals surface area contributed by atoms with Crippen molar-refractivity contribution in [3.8, 4) is 5.75 Å². The second-order valence-electron chi connectivity index (χ2n) is 9.01. The summed E-state index contributed by atoms with van der Waals surface area (Å²) in [5.41, 5.74) is 0.791. The van der Waals surface area contributed by atoms with Crippen LogP contribution >= 0.6 is 0 Å². The van der Waals surface area contributed by atoms with E-state index in [1.54, 1.807) is 0 Å². The number of likely N-dealkylation sites (tertiary alicyclic amines) is 1. The number of carbonyl (C=O) groups is 1. The van der Waals surface area contributed by atoms with Gasteiger partial charge in [0.15, 0.2) is 0 Å². The van der Waals surface area contributed by atoms with Gasteiger partial charge >= 0.3 is 6.03 Å². The number of carbonyl (C=O) groups excluding carboxylic acids is 1. The quantitative estimate of drug-likeness (QED) is 0.716. The van der Waals surface area contributed by atoms with Gasteiger partial charge in [-0.3, -0.25) is 4.90 Å². The number of hydrogen-bond acceptors (Lipinski definition) is 5. The van der Waals surface area contributed by atoms with Gasteiger partial charge in [-0.2, -0.15) is 0 Å². The molecule has 2 aliphatic heterocycles. The number of rotatable bonds is 7. The second-order valence-corrected chi connectivity index (χ2v) is 9.01. The van der Waals surface area contributed by atoms with Crippen molar-refractivity contribution in [1.29, 1.82) is 0 Å². The number of benzene rings is 1. The zero-order valence-electron chi connectivity index (χ0n) is 18.3. The maximum Gasteiger partial charge on any atom is 0.319 e. The van der Waals surface area contributed by atoms with Gasteiger partial charge in [-0.15, -0.1) is 0 Å². The van der Waals surface area contributed by atoms with Crippen LogP contribution in [0.5, 0.6) is 5.75 Å². The van der Waals surface area contributed by atoms with Gasteiger partial charge < -0.3 is 25.2 Å². The van der Waals surface area contributed by atoms with Crippen molar-refractivity contribution < 1.29 is 9.53 Å². The topological polar surface area (TPSA) is 60.1 Å². The number of urea groups is 1. The lowest BCUT2D eigenvalue weighted by molar-refractivity contribution is 0.00893. The van der Waals surface area contributed by atoms with E-state index in [9.17, 15) is 4.79 Å². The number of anilines is 1. The first kappa shape index (κ1) is 21.4. The third-order valence-electron chi connectivity index (χ3n) is 6.70. The average molecular weight is 416 g/mol. The average Bonchev–Trinajstić information content (AvgIpc) is 2.74. The highest BCUT2D eigenvalue weighted by Crippen LogP contribution is 2.31. The molecular weight excluding hydrogens is 378 g/mol. The maximum atomic E-state index is 12.1. The smallest absolute Gasteiger partial charge is 0.319 e. The molecule has 0 atom stereocenters. The summed E-state index contributed by atoms with van der Waals surface area (Å²) in [7, 11) is 2.15. The molecule has 0 aromatic heterocycles. The van der Waals surface area contributed by atoms with Crippen molar-refractivity contribution >= 4 is 11.7 Å². The molecule has 4 rings (SSSR count). The first-order valence-corrected chi connectivity index (χ1v) is 11.6. The minimum atomic E-state index is -0.152. The van der Waals surface area contributed by atoms with E-state index in [-0.39, 0.29) is 6.03 Å². The Hall–Kier alpha value is -1.83. The first-order chi connectivity index (χ1) is 14.7. The molecule has 0 radical (unpaired) electrons. The Kier molecular flexibility index (Phi) is 7.47. The van der Waals surface area contributed by atoms with Crippen molar-refractivity contribution in [2.75, 3.05) is 64.7 Å². The van der Waals surface area contributed by atoms with Crippen LogP contribution in [0.2, 0.25) is 0 Å². The molecule has 0 bridgehead atoms. The Morgan fingerprint density at radius 3 is 2.40 bits per heavy atom. The molecule has 3 fully saturated rings. The third kappa shape index (κ3) is 6.09. The van der Waals surface area contributed by atoms with Crippen LogP contribution in [-0.2, 0) is 0 Å². The predicted octanol–water partition coefficient (Wildman–Crippen LogP) is 2.45. The van der Waals surface area contributed by atoms with Gasteiger partial charge in [0, 0.05) is 63.8 Å². The summed E-state index contributed by atoms with van der Waals surface area (Å²) in [6, 6.07) is 8.29. The van der Waals surface area contributed by atoms with Crippen molar-refractivity contribution in [3.05, 3.63) is 24.3 Å². The van der Waals surface area contributed by atoms with Crippen LogP contribution in [0.25, 0.3) is 0 Å². The lowest BCUT2D eigenvalue weighted by Crippen LogP contribution is -2.50. The second kappa shape index (κ2) is 10.5. The van der Waals surface area contributed by atoms with E-state index in [2.05, 4.69) is 32.4 Å². The number of amides is 2. The zero-order valence-corrected chi connectivity index (χ0v) is 18.3. The molecule has 3 aliphatic rings. The summed E-state index contributed by atoms with van der Waals surface area (Å²) in [4.78, 5) is 19.5. The highest BCUT2D eigenvalue weighted by Gasteiger charge is 2.35. The molecule has 7 heteroatoms. The summed E-state index contributed by atoms with van der Waals surface area (Å²) in [6.45, 7) is 8.41. The van der Waals surface area contributed by atoms with Gasteiger partial charge in [-0.05, 0) is 57.2 Å². The SMILES string of the molecule is CN1CCN(CCNC(=O)Nc2ccc(OC3CC(N4CCCCC4)C3)cc2)CC1. The Balaban J connectivity index is 1.11. The molecule has 7 nitrogen and oxygen atoms in total. The molecule has 1 aliphatic carbocycles. The number of piperidine rings is 1. The van der Waals surface area contributed by atoms with Crippen LogP contribution in [0.3, 0.4) is 0 Å². The minimum absolute atomic E-state index is 0.152. The Morgan fingerprint density at radius 2 is 1.70 bits per heavy atom. The molecule has 30 heavy (non-hydrogen) atoms. The summed E-state index contributed by atoms with van der Waals surface area (Å²) in [6.07, 6.45) is 6.68. The van der Waals surface area contributed by atoms with Gasteiger partial charge in [0.25, 0.3) is 0 Å². The fourth-order valence-corrected chi connectivity index (χ4v) is 4.60. The predicted molar refractivity (Wildman–Crippen MR) is 120 cm³/mol. The number of likely N-dealkylation sites (N-methyl/N-ethyl adjacent to an activating group) is 1. The van der Waals surface area contributed by atoms with E-state index in [4.69, 9.17) is 4.74 Å². The van der Waals surface area contributed by atoms with E-state index in [1.807, 2.05) is 24.3 Å². The largest absolute Gasteiger partial charge is 0.490 e. The Morgan fingerprint density at radius 1 is 1.00 bits per heavy atom. The van der Waals surface area contributed by atoms with Crippen LogP contribution < -0.4 is 15.4 Å². The summed E-state index contributed by atoms with van der Waals surface area (Å²) >= 11 is 0. The molecule has 2 amide bonds. The third-order valence-corrected chi connectivity index (χ3v) is 6.70. The number of nitrogens with zero attached hydrogens (tertiary/aromatic N) is 3. The van der Waals surface area contributed by atoms with Crippen molar-refractivity contribution in [2.45, 2.75) is 44.2 Å². The number of nitrogens with one attached hydrogen (secondary N) is 2. The van der Waals surface area contributed by atoms with Crippen LogP contribution in [0, 0.1) is 0 Å².